The summed E-state index contributed by atoms with van der Waals surface area (Å²) in [7, 11) is 0. The molecule has 1 fully saturated rings. The number of fused-ring (bicyclic) bond motifs is 1. The molecular weight excluding hydrogens is 600 g/mol. The fraction of sp³-hybridized carbons (Fsp3) is 0.457. The molecule has 0 aliphatic carbocycles. The summed E-state index contributed by atoms with van der Waals surface area (Å²) in [5.74, 6) is -2.68. The van der Waals surface area contributed by atoms with Gasteiger partial charge in [0.15, 0.2) is 0 Å². The van der Waals surface area contributed by atoms with Crippen LogP contribution in [0.15, 0.2) is 61.1 Å². The van der Waals surface area contributed by atoms with Gasteiger partial charge in [-0.15, -0.1) is 0 Å². The monoisotopic (exact) mass is 644 g/mol. The van der Waals surface area contributed by atoms with Gasteiger partial charge in [-0.25, -0.2) is 4.98 Å². The maximum absolute atomic E-state index is 14.2. The highest BCUT2D eigenvalue weighted by Crippen LogP contribution is 2.25. The van der Waals surface area contributed by atoms with Crippen molar-refractivity contribution in [3.63, 3.8) is 0 Å². The Morgan fingerprint density at radius 3 is 2.32 bits per heavy atom. The van der Waals surface area contributed by atoms with Crippen LogP contribution in [0.5, 0.6) is 0 Å². The average molecular weight is 645 g/mol. The number of ether oxygens (including phenoxy) is 1. The Bertz CT molecular complexity index is 1560. The number of benzene rings is 2. The summed E-state index contributed by atoms with van der Waals surface area (Å²) in [6, 6.07) is 10.5. The number of amides is 4. The molecule has 1 saturated heterocycles. The highest BCUT2D eigenvalue weighted by atomic mass is 16.5. The van der Waals surface area contributed by atoms with Gasteiger partial charge in [0.05, 0.1) is 24.9 Å². The number of nitrogens with one attached hydrogen (secondary N) is 3. The van der Waals surface area contributed by atoms with E-state index in [9.17, 15) is 24.0 Å². The maximum Gasteiger partial charge on any atom is 0.272 e. The lowest BCUT2D eigenvalue weighted by molar-refractivity contribution is -0.143. The molecule has 0 saturated carbocycles. The Labute approximate surface area is 275 Å². The molecule has 5 atom stereocenters. The predicted octanol–water partition coefficient (Wildman–Crippen LogP) is 2.81. The van der Waals surface area contributed by atoms with Crippen LogP contribution >= 0.6 is 0 Å². The van der Waals surface area contributed by atoms with Gasteiger partial charge in [0.25, 0.3) is 5.91 Å². The van der Waals surface area contributed by atoms with Crippen molar-refractivity contribution in [1.82, 2.24) is 30.8 Å². The van der Waals surface area contributed by atoms with E-state index in [2.05, 4.69) is 25.9 Å². The highest BCUT2D eigenvalue weighted by molar-refractivity contribution is 5.98. The zero-order valence-corrected chi connectivity index (χ0v) is 27.5. The average Bonchev–Trinajstić information content (AvgIpc) is 3.51. The van der Waals surface area contributed by atoms with Gasteiger partial charge in [-0.05, 0) is 40.7 Å². The van der Waals surface area contributed by atoms with Crippen LogP contribution in [-0.2, 0) is 30.5 Å². The van der Waals surface area contributed by atoms with Crippen LogP contribution in [-0.4, -0.2) is 81.6 Å². The van der Waals surface area contributed by atoms with Crippen LogP contribution in [0.2, 0.25) is 0 Å². The topological polar surface area (TPSA) is 160 Å². The number of aldehydes is 1. The van der Waals surface area contributed by atoms with Gasteiger partial charge in [0, 0.05) is 25.4 Å². The molecule has 12 nitrogen and oxygen atoms in total. The molecule has 3 N–H and O–H groups in total. The predicted molar refractivity (Wildman–Crippen MR) is 176 cm³/mol. The van der Waals surface area contributed by atoms with Crippen molar-refractivity contribution in [3.05, 3.63) is 72.3 Å². The molecule has 3 aromatic rings. The summed E-state index contributed by atoms with van der Waals surface area (Å²) in [5, 5.41) is 10.5. The Morgan fingerprint density at radius 2 is 1.68 bits per heavy atom. The smallest absolute Gasteiger partial charge is 0.272 e. The molecule has 2 heterocycles. The third-order valence-electron chi connectivity index (χ3n) is 8.34. The summed E-state index contributed by atoms with van der Waals surface area (Å²) in [4.78, 5) is 74.8. The largest absolute Gasteiger partial charge is 0.372 e. The summed E-state index contributed by atoms with van der Waals surface area (Å²) < 4.78 is 6.24. The van der Waals surface area contributed by atoms with E-state index >= 15 is 0 Å². The normalized spacial score (nSPS) is 18.1. The Hall–Kier alpha value is -4.71. The number of hydrogen-bond acceptors (Lipinski definition) is 8. The van der Waals surface area contributed by atoms with E-state index in [1.54, 1.807) is 34.6 Å². The minimum absolute atomic E-state index is 0.0591. The molecule has 1 aromatic heterocycles. The van der Waals surface area contributed by atoms with Crippen molar-refractivity contribution in [1.29, 1.82) is 0 Å². The van der Waals surface area contributed by atoms with Crippen LogP contribution in [0.25, 0.3) is 10.8 Å². The number of hydrogen-bond donors (Lipinski definition) is 3. The number of likely N-dealkylation sites (tertiary alicyclic amines) is 1. The molecule has 0 bridgehead atoms. The maximum atomic E-state index is 14.2. The number of aromatic nitrogens is 2. The minimum Gasteiger partial charge on any atom is -0.372 e. The Kier molecular flexibility index (Phi) is 12.1. The number of carbonyl (C=O) groups is 5. The lowest BCUT2D eigenvalue weighted by atomic mass is 9.98. The molecule has 0 radical (unpaired) electrons. The zero-order chi connectivity index (χ0) is 34.1. The van der Waals surface area contributed by atoms with Gasteiger partial charge in [-0.1, -0.05) is 71.0 Å². The van der Waals surface area contributed by atoms with E-state index in [-0.39, 0.29) is 37.1 Å². The number of nitrogens with zero attached hydrogens (tertiary/aromatic N) is 3. The van der Waals surface area contributed by atoms with Gasteiger partial charge in [0.1, 0.15) is 30.1 Å². The van der Waals surface area contributed by atoms with E-state index in [4.69, 9.17) is 4.74 Å². The van der Waals surface area contributed by atoms with Crippen molar-refractivity contribution in [2.75, 3.05) is 6.54 Å². The molecule has 5 unspecified atom stereocenters. The lowest BCUT2D eigenvalue weighted by Crippen LogP contribution is -2.59. The Morgan fingerprint density at radius 1 is 0.957 bits per heavy atom. The van der Waals surface area contributed by atoms with Crippen LogP contribution < -0.4 is 16.0 Å². The van der Waals surface area contributed by atoms with Crippen molar-refractivity contribution < 1.29 is 28.7 Å². The van der Waals surface area contributed by atoms with E-state index in [1.807, 2.05) is 42.5 Å². The van der Waals surface area contributed by atoms with Crippen LogP contribution in [0.4, 0.5) is 0 Å². The molecule has 12 heteroatoms. The fourth-order valence-corrected chi connectivity index (χ4v) is 5.57. The van der Waals surface area contributed by atoms with Gasteiger partial charge in [-0.3, -0.25) is 24.2 Å². The van der Waals surface area contributed by atoms with E-state index in [0.717, 1.165) is 16.3 Å². The first-order chi connectivity index (χ1) is 22.5. The van der Waals surface area contributed by atoms with Crippen LogP contribution in [0.3, 0.4) is 0 Å². The molecule has 4 rings (SSSR count). The lowest BCUT2D eigenvalue weighted by Gasteiger charge is -2.32. The molecule has 1 aliphatic rings. The van der Waals surface area contributed by atoms with E-state index in [1.165, 1.54) is 23.5 Å². The molecule has 0 spiro atoms. The molecule has 4 amide bonds. The molecule has 1 aliphatic heterocycles. The van der Waals surface area contributed by atoms with Gasteiger partial charge in [0.2, 0.25) is 17.7 Å². The van der Waals surface area contributed by atoms with Crippen molar-refractivity contribution >= 4 is 40.7 Å². The third-order valence-corrected chi connectivity index (χ3v) is 8.34. The number of carbonyl (C=O) groups excluding carboxylic acids is 5. The molecule has 2 aromatic carbocycles. The summed E-state index contributed by atoms with van der Waals surface area (Å²) in [5.41, 5.74) is 1.01. The van der Waals surface area contributed by atoms with E-state index in [0.29, 0.717) is 12.7 Å². The quantitative estimate of drug-likeness (QED) is 0.226. The molecule has 250 valence electrons. The highest BCUT2D eigenvalue weighted by Gasteiger charge is 2.44. The van der Waals surface area contributed by atoms with E-state index < -0.39 is 53.9 Å². The summed E-state index contributed by atoms with van der Waals surface area (Å²) >= 11 is 0. The van der Waals surface area contributed by atoms with Crippen LogP contribution in [0.1, 0.15) is 63.5 Å². The second kappa shape index (κ2) is 16.2. The molecule has 47 heavy (non-hydrogen) atoms. The van der Waals surface area contributed by atoms with Crippen molar-refractivity contribution in [3.8, 4) is 0 Å². The van der Waals surface area contributed by atoms with Gasteiger partial charge < -0.3 is 30.4 Å². The first-order valence-corrected chi connectivity index (χ1v) is 16.0. The third kappa shape index (κ3) is 8.97. The second-order valence-corrected chi connectivity index (χ2v) is 12.5. The summed E-state index contributed by atoms with van der Waals surface area (Å²) in [6.07, 6.45) is 4.96. The second-order valence-electron chi connectivity index (χ2n) is 12.5. The van der Waals surface area contributed by atoms with Gasteiger partial charge in [-0.2, -0.15) is 0 Å². The van der Waals surface area contributed by atoms with Crippen molar-refractivity contribution in [2.45, 2.75) is 84.3 Å². The van der Waals surface area contributed by atoms with Gasteiger partial charge >= 0.3 is 0 Å². The van der Waals surface area contributed by atoms with Crippen molar-refractivity contribution in [2.24, 2.45) is 11.8 Å². The molecular formula is C35H44N6O6. The fourth-order valence-electron chi connectivity index (χ4n) is 5.57. The number of rotatable bonds is 14. The first kappa shape index (κ1) is 35.1. The Balaban J connectivity index is 1.51. The SMILES string of the molecule is CCC(C=O)NC(=O)C1CC(OCc2ccc3ccccc3c2)CN1C(=O)C(NC(=O)C(NC(=O)c1cnccn1)C(C)C)C(C)C. The first-order valence-electron chi connectivity index (χ1n) is 16.0. The minimum atomic E-state index is -1.00. The standard InChI is InChI=1S/C35H44N6O6/c1-6-26(19-42)38-33(44)29-16-27(47-20-23-11-12-24-9-7-8-10-25(24)15-23)18-41(29)35(46)31(22(4)5)40-34(45)30(21(2)3)39-32(43)28-17-36-13-14-37-28/h7-15,17,19,21-22,26-27,29-31H,6,16,18,20H2,1-5H3,(H,38,44)(H,39,43)(H,40,45). The summed E-state index contributed by atoms with van der Waals surface area (Å²) in [6.45, 7) is 9.34. The van der Waals surface area contributed by atoms with Crippen LogP contribution in [0, 0.1) is 11.8 Å². The zero-order valence-electron chi connectivity index (χ0n) is 27.5.